The molecule has 0 aromatic heterocycles. The second-order valence-electron chi connectivity index (χ2n) is 5.43. The lowest BCUT2D eigenvalue weighted by molar-refractivity contribution is 0.138. The zero-order valence-corrected chi connectivity index (χ0v) is 10.5. The van der Waals surface area contributed by atoms with Crippen molar-refractivity contribution >= 4 is 0 Å². The van der Waals surface area contributed by atoms with Crippen molar-refractivity contribution in [2.45, 2.75) is 64.8 Å². The third-order valence-electron chi connectivity index (χ3n) is 3.85. The summed E-state index contributed by atoms with van der Waals surface area (Å²) in [5.74, 6) is 0.859. The maximum atomic E-state index is 2.62. The van der Waals surface area contributed by atoms with Crippen LogP contribution in [0.2, 0.25) is 0 Å². The summed E-state index contributed by atoms with van der Waals surface area (Å²) in [6, 6.07) is 0. The predicted molar refractivity (Wildman–Crippen MR) is 63.6 cm³/mol. The Bertz CT molecular complexity index is 165. The fourth-order valence-corrected chi connectivity index (χ4v) is 2.85. The molecule has 0 N–H and O–H groups in total. The van der Waals surface area contributed by atoms with Crippen LogP contribution < -0.4 is 0 Å². The Kier molecular flexibility index (Phi) is 4.43. The van der Waals surface area contributed by atoms with Gasteiger partial charge in [-0.25, -0.2) is 0 Å². The van der Waals surface area contributed by atoms with Crippen molar-refractivity contribution in [3.63, 3.8) is 0 Å². The second kappa shape index (κ2) is 5.16. The van der Waals surface area contributed by atoms with Gasteiger partial charge in [-0.2, -0.15) is 0 Å². The molecule has 1 nitrogen and oxygen atoms in total. The lowest BCUT2D eigenvalue weighted by Gasteiger charge is -2.37. The average molecular weight is 197 g/mol. The van der Waals surface area contributed by atoms with Crippen LogP contribution in [0.1, 0.15) is 59.3 Å². The van der Waals surface area contributed by atoms with Gasteiger partial charge in [0.15, 0.2) is 0 Å². The Morgan fingerprint density at radius 1 is 1.29 bits per heavy atom. The van der Waals surface area contributed by atoms with E-state index in [4.69, 9.17) is 0 Å². The van der Waals surface area contributed by atoms with Crippen LogP contribution in [0.15, 0.2) is 0 Å². The molecule has 1 atom stereocenters. The molecule has 0 bridgehead atoms. The molecule has 0 amide bonds. The van der Waals surface area contributed by atoms with Gasteiger partial charge in [-0.1, -0.05) is 27.2 Å². The van der Waals surface area contributed by atoms with Crippen LogP contribution in [0.5, 0.6) is 0 Å². The zero-order valence-electron chi connectivity index (χ0n) is 10.5. The summed E-state index contributed by atoms with van der Waals surface area (Å²) in [5, 5.41) is 0. The summed E-state index contributed by atoms with van der Waals surface area (Å²) < 4.78 is 0. The Morgan fingerprint density at radius 2 is 2.00 bits per heavy atom. The molecule has 0 saturated carbocycles. The van der Waals surface area contributed by atoms with Crippen molar-refractivity contribution in [3.8, 4) is 0 Å². The molecule has 0 aromatic carbocycles. The minimum Gasteiger partial charge on any atom is -0.301 e. The maximum absolute atomic E-state index is 2.62. The normalized spacial score (nSPS) is 28.9. The minimum atomic E-state index is 0.568. The van der Waals surface area contributed by atoms with E-state index in [9.17, 15) is 0 Å². The Morgan fingerprint density at radius 3 is 2.43 bits per heavy atom. The highest BCUT2D eigenvalue weighted by atomic mass is 15.2. The molecule has 1 heteroatoms. The van der Waals surface area contributed by atoms with Gasteiger partial charge in [-0.3, -0.25) is 0 Å². The number of nitrogens with zero attached hydrogens (tertiary/aromatic N) is 1. The van der Waals surface area contributed by atoms with Crippen molar-refractivity contribution in [3.05, 3.63) is 0 Å². The molecule has 1 aliphatic heterocycles. The molecule has 0 spiro atoms. The molecule has 14 heavy (non-hydrogen) atoms. The first-order valence-corrected chi connectivity index (χ1v) is 6.32. The molecule has 1 heterocycles. The molecule has 0 aromatic rings. The highest BCUT2D eigenvalue weighted by Crippen LogP contribution is 2.37. The molecular weight excluding hydrogens is 170 g/mol. The van der Waals surface area contributed by atoms with E-state index in [1.165, 1.54) is 45.1 Å². The van der Waals surface area contributed by atoms with Gasteiger partial charge in [-0.15, -0.1) is 0 Å². The van der Waals surface area contributed by atoms with Crippen molar-refractivity contribution in [1.29, 1.82) is 0 Å². The van der Waals surface area contributed by atoms with Crippen LogP contribution in [-0.2, 0) is 0 Å². The van der Waals surface area contributed by atoms with Crippen LogP contribution in [0, 0.1) is 5.92 Å². The lowest BCUT2D eigenvalue weighted by Crippen LogP contribution is -2.41. The van der Waals surface area contributed by atoms with Crippen LogP contribution in [0.4, 0.5) is 0 Å². The van der Waals surface area contributed by atoms with Crippen LogP contribution in [0.25, 0.3) is 0 Å². The molecule has 0 aliphatic carbocycles. The number of hydrogen-bond acceptors (Lipinski definition) is 1. The van der Waals surface area contributed by atoms with Crippen molar-refractivity contribution in [1.82, 2.24) is 4.90 Å². The van der Waals surface area contributed by atoms with E-state index in [1.807, 2.05) is 0 Å². The van der Waals surface area contributed by atoms with E-state index in [0.29, 0.717) is 5.54 Å². The number of rotatable bonds is 5. The van der Waals surface area contributed by atoms with E-state index in [2.05, 4.69) is 32.7 Å². The summed E-state index contributed by atoms with van der Waals surface area (Å²) in [7, 11) is 2.32. The van der Waals surface area contributed by atoms with Gasteiger partial charge in [-0.05, 0) is 51.6 Å². The predicted octanol–water partition coefficient (Wildman–Crippen LogP) is 3.69. The Balaban J connectivity index is 2.52. The van der Waals surface area contributed by atoms with E-state index < -0.39 is 0 Å². The standard InChI is InChI=1S/C13H27N/c1-5-8-13(10-7-12(2)3)9-6-11-14(13)4/h12H,5-11H2,1-4H3. The minimum absolute atomic E-state index is 0.568. The van der Waals surface area contributed by atoms with Gasteiger partial charge in [0.2, 0.25) is 0 Å². The van der Waals surface area contributed by atoms with Crippen LogP contribution >= 0.6 is 0 Å². The first kappa shape index (κ1) is 12.0. The van der Waals surface area contributed by atoms with Crippen molar-refractivity contribution in [2.75, 3.05) is 13.6 Å². The highest BCUT2D eigenvalue weighted by molar-refractivity contribution is 4.93. The molecule has 0 radical (unpaired) electrons. The maximum Gasteiger partial charge on any atom is 0.0207 e. The molecule has 1 unspecified atom stereocenters. The van der Waals surface area contributed by atoms with Crippen LogP contribution in [0.3, 0.4) is 0 Å². The third kappa shape index (κ3) is 2.73. The smallest absolute Gasteiger partial charge is 0.0207 e. The van der Waals surface area contributed by atoms with Crippen molar-refractivity contribution in [2.24, 2.45) is 5.92 Å². The van der Waals surface area contributed by atoms with Gasteiger partial charge >= 0.3 is 0 Å². The lowest BCUT2D eigenvalue weighted by atomic mass is 9.84. The van der Waals surface area contributed by atoms with E-state index in [-0.39, 0.29) is 0 Å². The Labute approximate surface area is 89.9 Å². The quantitative estimate of drug-likeness (QED) is 0.650. The SMILES string of the molecule is CCCC1(CCC(C)C)CCCN1C. The summed E-state index contributed by atoms with van der Waals surface area (Å²) >= 11 is 0. The average Bonchev–Trinajstić information content (AvgIpc) is 2.46. The topological polar surface area (TPSA) is 3.24 Å². The molecule has 1 fully saturated rings. The van der Waals surface area contributed by atoms with Gasteiger partial charge in [0.25, 0.3) is 0 Å². The van der Waals surface area contributed by atoms with Gasteiger partial charge < -0.3 is 4.90 Å². The third-order valence-corrected chi connectivity index (χ3v) is 3.85. The monoisotopic (exact) mass is 197 g/mol. The highest BCUT2D eigenvalue weighted by Gasteiger charge is 2.36. The fraction of sp³-hybridized carbons (Fsp3) is 1.00. The van der Waals surface area contributed by atoms with Gasteiger partial charge in [0.1, 0.15) is 0 Å². The second-order valence-corrected chi connectivity index (χ2v) is 5.43. The number of likely N-dealkylation sites (tertiary alicyclic amines) is 1. The first-order valence-electron chi connectivity index (χ1n) is 6.32. The molecule has 1 rings (SSSR count). The summed E-state index contributed by atoms with van der Waals surface area (Å²) in [5.41, 5.74) is 0.568. The molecule has 1 aliphatic rings. The fourth-order valence-electron chi connectivity index (χ4n) is 2.85. The van der Waals surface area contributed by atoms with E-state index in [0.717, 1.165) is 5.92 Å². The van der Waals surface area contributed by atoms with Gasteiger partial charge in [0, 0.05) is 5.54 Å². The number of hydrogen-bond donors (Lipinski definition) is 0. The van der Waals surface area contributed by atoms with Crippen molar-refractivity contribution < 1.29 is 0 Å². The largest absolute Gasteiger partial charge is 0.301 e. The van der Waals surface area contributed by atoms with E-state index >= 15 is 0 Å². The first-order chi connectivity index (χ1) is 6.60. The molecule has 84 valence electrons. The Hall–Kier alpha value is -0.0400. The summed E-state index contributed by atoms with van der Waals surface area (Å²) in [6.07, 6.45) is 8.39. The van der Waals surface area contributed by atoms with Crippen LogP contribution in [-0.4, -0.2) is 24.0 Å². The molecular formula is C13H27N. The summed E-state index contributed by atoms with van der Waals surface area (Å²) in [6.45, 7) is 8.32. The zero-order chi connectivity index (χ0) is 10.6. The van der Waals surface area contributed by atoms with E-state index in [1.54, 1.807) is 0 Å². The summed E-state index contributed by atoms with van der Waals surface area (Å²) in [4.78, 5) is 2.62. The molecule has 1 saturated heterocycles. The van der Waals surface area contributed by atoms with Gasteiger partial charge in [0.05, 0.1) is 0 Å².